The molecule has 102 valence electrons. The molecule has 0 saturated carbocycles. The number of rotatable bonds is 3. The molecule has 19 heavy (non-hydrogen) atoms. The zero-order valence-corrected chi connectivity index (χ0v) is 12.8. The zero-order valence-electron chi connectivity index (χ0n) is 10.4. The predicted molar refractivity (Wildman–Crippen MR) is 78.1 cm³/mol. The van der Waals surface area contributed by atoms with Gasteiger partial charge in [0.2, 0.25) is 5.89 Å². The predicted octanol–water partition coefficient (Wildman–Crippen LogP) is 2.36. The number of halogens is 1. The molecule has 3 heterocycles. The van der Waals surface area contributed by atoms with E-state index in [4.69, 9.17) is 4.42 Å². The van der Waals surface area contributed by atoms with Gasteiger partial charge >= 0.3 is 0 Å². The van der Waals surface area contributed by atoms with Gasteiger partial charge in [-0.2, -0.15) is 0 Å². The Kier molecular flexibility index (Phi) is 4.27. The third-order valence-electron chi connectivity index (χ3n) is 3.04. The summed E-state index contributed by atoms with van der Waals surface area (Å²) in [6, 6.07) is 3.98. The van der Waals surface area contributed by atoms with Crippen LogP contribution in [0.2, 0.25) is 0 Å². The van der Waals surface area contributed by atoms with E-state index in [-0.39, 0.29) is 0 Å². The Labute approximate surface area is 124 Å². The van der Waals surface area contributed by atoms with Crippen molar-refractivity contribution in [3.63, 3.8) is 0 Å². The fourth-order valence-electron chi connectivity index (χ4n) is 2.10. The largest absolute Gasteiger partial charge is 0.419 e. The van der Waals surface area contributed by atoms with Gasteiger partial charge in [-0.25, -0.2) is 0 Å². The van der Waals surface area contributed by atoms with Gasteiger partial charge in [-0.3, -0.25) is 4.90 Å². The van der Waals surface area contributed by atoms with Crippen LogP contribution in [0.5, 0.6) is 0 Å². The van der Waals surface area contributed by atoms with E-state index >= 15 is 0 Å². The Hall–Kier alpha value is -0.760. The normalized spacial score (nSPS) is 17.5. The smallest absolute Gasteiger partial charge is 0.257 e. The third kappa shape index (κ3) is 3.42. The summed E-state index contributed by atoms with van der Waals surface area (Å²) in [5.41, 5.74) is 0. The number of nitrogens with zero attached hydrogens (tertiary/aromatic N) is 3. The average Bonchev–Trinajstić information content (AvgIpc) is 2.94. The molecule has 1 aliphatic heterocycles. The lowest BCUT2D eigenvalue weighted by atomic mass is 10.4. The Bertz CT molecular complexity index is 533. The summed E-state index contributed by atoms with van der Waals surface area (Å²) in [6.45, 7) is 4.96. The monoisotopic (exact) mass is 342 g/mol. The number of hydrogen-bond acceptors (Lipinski definition) is 6. The lowest BCUT2D eigenvalue weighted by Crippen LogP contribution is -2.27. The molecule has 2 aromatic heterocycles. The van der Waals surface area contributed by atoms with E-state index in [2.05, 4.69) is 36.3 Å². The highest BCUT2D eigenvalue weighted by molar-refractivity contribution is 9.11. The first kappa shape index (κ1) is 13.2. The van der Waals surface area contributed by atoms with E-state index in [1.54, 1.807) is 11.3 Å². The van der Waals surface area contributed by atoms with Crippen LogP contribution in [0.1, 0.15) is 12.3 Å². The van der Waals surface area contributed by atoms with Gasteiger partial charge in [0.15, 0.2) is 0 Å². The van der Waals surface area contributed by atoms with Crippen molar-refractivity contribution in [1.29, 1.82) is 0 Å². The zero-order chi connectivity index (χ0) is 13.1. The summed E-state index contributed by atoms with van der Waals surface area (Å²) in [5, 5.41) is 11.6. The maximum atomic E-state index is 5.73. The molecule has 0 aromatic carbocycles. The fraction of sp³-hybridized carbons (Fsp3) is 0.500. The van der Waals surface area contributed by atoms with Gasteiger partial charge < -0.3 is 9.73 Å². The van der Waals surface area contributed by atoms with Crippen LogP contribution in [0.4, 0.5) is 0 Å². The van der Waals surface area contributed by atoms with Gasteiger partial charge in [0.25, 0.3) is 5.89 Å². The maximum Gasteiger partial charge on any atom is 0.257 e. The quantitative estimate of drug-likeness (QED) is 0.927. The second-order valence-electron chi connectivity index (χ2n) is 4.48. The Morgan fingerprint density at radius 3 is 3.11 bits per heavy atom. The lowest BCUT2D eigenvalue weighted by Gasteiger charge is -2.16. The minimum absolute atomic E-state index is 0.610. The number of thiophene rings is 1. The third-order valence-corrected chi connectivity index (χ3v) is 4.65. The molecular weight excluding hydrogens is 328 g/mol. The van der Waals surface area contributed by atoms with Crippen LogP contribution in [0, 0.1) is 0 Å². The Morgan fingerprint density at radius 2 is 2.26 bits per heavy atom. The summed E-state index contributed by atoms with van der Waals surface area (Å²) >= 11 is 5.04. The van der Waals surface area contributed by atoms with Gasteiger partial charge in [0, 0.05) is 13.1 Å². The lowest BCUT2D eigenvalue weighted by molar-refractivity contribution is 0.255. The summed E-state index contributed by atoms with van der Waals surface area (Å²) in [5.74, 6) is 1.31. The van der Waals surface area contributed by atoms with Crippen LogP contribution in [0.3, 0.4) is 0 Å². The van der Waals surface area contributed by atoms with Crippen molar-refractivity contribution in [2.24, 2.45) is 0 Å². The Balaban J connectivity index is 1.67. The molecule has 1 fully saturated rings. The molecular formula is C12H15BrN4OS. The highest BCUT2D eigenvalue weighted by atomic mass is 79.9. The van der Waals surface area contributed by atoms with Crippen molar-refractivity contribution in [2.75, 3.05) is 26.2 Å². The van der Waals surface area contributed by atoms with Crippen LogP contribution >= 0.6 is 27.3 Å². The number of hydrogen-bond donors (Lipinski definition) is 1. The van der Waals surface area contributed by atoms with Crippen molar-refractivity contribution in [3.8, 4) is 10.8 Å². The SMILES string of the molecule is Brc1ccc(-c2nnc(CN3CCCNCC3)o2)s1. The molecule has 2 aromatic rings. The summed E-state index contributed by atoms with van der Waals surface area (Å²) in [4.78, 5) is 3.35. The minimum Gasteiger partial charge on any atom is -0.419 e. The van der Waals surface area contributed by atoms with E-state index in [0.717, 1.165) is 41.4 Å². The van der Waals surface area contributed by atoms with Crippen LogP contribution in [-0.4, -0.2) is 41.3 Å². The second-order valence-corrected chi connectivity index (χ2v) is 6.95. The first-order valence-corrected chi connectivity index (χ1v) is 7.93. The maximum absolute atomic E-state index is 5.73. The second kappa shape index (κ2) is 6.13. The number of nitrogens with one attached hydrogen (secondary N) is 1. The molecule has 3 rings (SSSR count). The van der Waals surface area contributed by atoms with E-state index in [0.29, 0.717) is 11.8 Å². The molecule has 0 spiro atoms. The van der Waals surface area contributed by atoms with E-state index in [9.17, 15) is 0 Å². The standard InChI is InChI=1S/C12H15BrN4OS/c13-10-3-2-9(19-10)12-16-15-11(18-12)8-17-6-1-4-14-5-7-17/h2-3,14H,1,4-8H2. The van der Waals surface area contributed by atoms with Crippen LogP contribution in [0.25, 0.3) is 10.8 Å². The molecule has 1 saturated heterocycles. The summed E-state index contributed by atoms with van der Waals surface area (Å²) in [6.07, 6.45) is 1.17. The van der Waals surface area contributed by atoms with Gasteiger partial charge in [-0.1, -0.05) is 0 Å². The molecule has 0 aliphatic carbocycles. The molecule has 7 heteroatoms. The molecule has 0 bridgehead atoms. The number of aromatic nitrogens is 2. The van der Waals surface area contributed by atoms with Crippen molar-refractivity contribution < 1.29 is 4.42 Å². The summed E-state index contributed by atoms with van der Waals surface area (Å²) < 4.78 is 6.80. The molecule has 0 radical (unpaired) electrons. The van der Waals surface area contributed by atoms with Crippen molar-refractivity contribution in [2.45, 2.75) is 13.0 Å². The first-order chi connectivity index (χ1) is 9.31. The fourth-order valence-corrected chi connectivity index (χ4v) is 3.40. The van der Waals surface area contributed by atoms with Gasteiger partial charge in [-0.05, 0) is 47.6 Å². The van der Waals surface area contributed by atoms with Gasteiger partial charge in [-0.15, -0.1) is 21.5 Å². The van der Waals surface area contributed by atoms with Crippen LogP contribution in [-0.2, 0) is 6.54 Å². The van der Waals surface area contributed by atoms with Crippen LogP contribution in [0.15, 0.2) is 20.3 Å². The van der Waals surface area contributed by atoms with E-state index < -0.39 is 0 Å². The average molecular weight is 343 g/mol. The topological polar surface area (TPSA) is 54.2 Å². The van der Waals surface area contributed by atoms with Crippen molar-refractivity contribution in [3.05, 3.63) is 21.8 Å². The highest BCUT2D eigenvalue weighted by Gasteiger charge is 2.15. The molecule has 1 aliphatic rings. The van der Waals surface area contributed by atoms with Crippen LogP contribution < -0.4 is 5.32 Å². The van der Waals surface area contributed by atoms with Crippen molar-refractivity contribution in [1.82, 2.24) is 20.4 Å². The summed E-state index contributed by atoms with van der Waals surface area (Å²) in [7, 11) is 0. The molecule has 1 N–H and O–H groups in total. The molecule has 0 unspecified atom stereocenters. The Morgan fingerprint density at radius 1 is 1.32 bits per heavy atom. The molecule has 5 nitrogen and oxygen atoms in total. The minimum atomic E-state index is 0.610. The van der Waals surface area contributed by atoms with E-state index in [1.165, 1.54) is 6.42 Å². The highest BCUT2D eigenvalue weighted by Crippen LogP contribution is 2.30. The van der Waals surface area contributed by atoms with Gasteiger partial charge in [0.05, 0.1) is 15.2 Å². The van der Waals surface area contributed by atoms with E-state index in [1.807, 2.05) is 12.1 Å². The first-order valence-electron chi connectivity index (χ1n) is 6.32. The van der Waals surface area contributed by atoms with Gasteiger partial charge in [0.1, 0.15) is 0 Å². The molecule has 0 atom stereocenters. The van der Waals surface area contributed by atoms with Crippen molar-refractivity contribution >= 4 is 27.3 Å². The molecule has 0 amide bonds.